The summed E-state index contributed by atoms with van der Waals surface area (Å²) in [6.45, 7) is 12.2. The van der Waals surface area contributed by atoms with E-state index >= 15 is 0 Å². The molecule has 12 atom stereocenters. The molecule has 2 aromatic rings. The molecule has 5 aliphatic rings. The number of rotatable bonds is 8. The van der Waals surface area contributed by atoms with Gasteiger partial charge in [0.25, 0.3) is 0 Å². The number of carbonyl (C=O) groups excluding carboxylic acids is 5. The molecule has 306 valence electrons. The zero-order valence-corrected chi connectivity index (χ0v) is 33.4. The maximum Gasteiger partial charge on any atom is 0.408 e. The topological polar surface area (TPSA) is 204 Å². The van der Waals surface area contributed by atoms with Crippen LogP contribution >= 0.6 is 0 Å². The zero-order valence-electron chi connectivity index (χ0n) is 33.4. The van der Waals surface area contributed by atoms with Crippen molar-refractivity contribution in [1.82, 2.24) is 5.32 Å². The zero-order chi connectivity index (χ0) is 41.7. The second-order valence-corrected chi connectivity index (χ2v) is 17.7. The highest BCUT2D eigenvalue weighted by Crippen LogP contribution is 2.78. The van der Waals surface area contributed by atoms with Crippen molar-refractivity contribution in [3.63, 3.8) is 0 Å². The lowest BCUT2D eigenvalue weighted by molar-refractivity contribution is -0.376. The van der Waals surface area contributed by atoms with Crippen molar-refractivity contribution in [2.24, 2.45) is 22.7 Å². The molecule has 1 aliphatic heterocycles. The van der Waals surface area contributed by atoms with E-state index < -0.39 is 105 Å². The molecule has 14 heteroatoms. The summed E-state index contributed by atoms with van der Waals surface area (Å²) in [4.78, 5) is 69.2. The molecule has 7 rings (SSSR count). The lowest BCUT2D eigenvalue weighted by Gasteiger charge is -2.78. The van der Waals surface area contributed by atoms with Gasteiger partial charge in [0.1, 0.15) is 35.1 Å². The number of nitrogens with one attached hydrogen (secondary N) is 1. The molecule has 0 aromatic heterocycles. The summed E-state index contributed by atoms with van der Waals surface area (Å²) >= 11 is 0. The summed E-state index contributed by atoms with van der Waals surface area (Å²) in [7, 11) is 0. The molecular weight excluding hydrogens is 738 g/mol. The Bertz CT molecular complexity index is 2030. The van der Waals surface area contributed by atoms with Crippen molar-refractivity contribution >= 4 is 29.8 Å². The molecular formula is C43H51NO13. The smallest absolute Gasteiger partial charge is 0.408 e. The lowest BCUT2D eigenvalue weighted by atomic mass is 9.30. The van der Waals surface area contributed by atoms with Crippen molar-refractivity contribution in [2.75, 3.05) is 6.61 Å². The van der Waals surface area contributed by atoms with Gasteiger partial charge in [-0.25, -0.2) is 9.59 Å². The van der Waals surface area contributed by atoms with Gasteiger partial charge in [0, 0.05) is 19.8 Å². The summed E-state index contributed by atoms with van der Waals surface area (Å²) in [6, 6.07) is 15.9. The van der Waals surface area contributed by atoms with Crippen LogP contribution < -0.4 is 5.32 Å². The third-order valence-electron chi connectivity index (χ3n) is 13.5. The minimum absolute atomic E-state index is 0.0642. The number of ketones is 1. The number of hydrogen-bond donors (Lipinski definition) is 4. The second-order valence-electron chi connectivity index (χ2n) is 17.7. The molecule has 2 aromatic carbocycles. The molecule has 1 heterocycles. The predicted molar refractivity (Wildman–Crippen MR) is 200 cm³/mol. The molecule has 1 amide bonds. The first-order valence-corrected chi connectivity index (χ1v) is 19.3. The van der Waals surface area contributed by atoms with Crippen molar-refractivity contribution in [1.29, 1.82) is 0 Å². The standard InChI is InChI=1S/C43H51NO13/c1-22(30(25-15-11-9-12-16-25)44-37(51)57-38(4,5)6)35(49)56-43-20-42(52)34(54-36(50)26-17-13-10-14-18-26)32-39(7,33(48)31(47)29(23(43)2)40(42,43)8)27(46)19-28-41(32,21-53-28)55-24(3)45/h9-18,22,27-28,30-32,34,46-47,52H,19-21H2,1-8H3,(H,44,51)/t22-,27+,28-,30?,31-,32+,34+,39-,40?,41+,42-,43?/m1/s1. The Labute approximate surface area is 330 Å². The molecule has 1 saturated heterocycles. The molecule has 57 heavy (non-hydrogen) atoms. The van der Waals surface area contributed by atoms with Crippen LogP contribution in [0.1, 0.15) is 90.2 Å². The van der Waals surface area contributed by atoms with Crippen LogP contribution in [0.3, 0.4) is 0 Å². The quantitative estimate of drug-likeness (QED) is 0.171. The fourth-order valence-corrected chi connectivity index (χ4v) is 10.6. The number of aliphatic hydroxyl groups is 3. The number of carbonyl (C=O) groups is 5. The first-order chi connectivity index (χ1) is 26.6. The molecule has 3 unspecified atom stereocenters. The lowest BCUT2D eigenvalue weighted by Crippen LogP contribution is -2.90. The van der Waals surface area contributed by atoms with Gasteiger partial charge in [0.05, 0.1) is 47.0 Å². The summed E-state index contributed by atoms with van der Waals surface area (Å²) < 4.78 is 30.1. The first-order valence-electron chi connectivity index (χ1n) is 19.3. The molecule has 4 N–H and O–H groups in total. The SMILES string of the molecule is CC(=O)O[C@@]12CO[C@@H]1C[C@H](O)[C@@]1(C)C(=O)[C@H](O)C3=C(C)C4(OC(=O)[C@H](C)C(NC(=O)OC(C)(C)C)c5ccccc5)C[C@@](O)([C@@H](OC(=O)c5ccccc5)[C@H]21)C34C. The van der Waals surface area contributed by atoms with Crippen LogP contribution in [0, 0.1) is 22.7 Å². The normalized spacial score (nSPS) is 37.4. The van der Waals surface area contributed by atoms with Gasteiger partial charge < -0.3 is 44.3 Å². The van der Waals surface area contributed by atoms with E-state index in [1.165, 1.54) is 26.0 Å². The summed E-state index contributed by atoms with van der Waals surface area (Å²) in [5, 5.41) is 39.9. The van der Waals surface area contributed by atoms with Gasteiger partial charge in [-0.1, -0.05) is 48.5 Å². The van der Waals surface area contributed by atoms with E-state index in [0.29, 0.717) is 11.1 Å². The van der Waals surface area contributed by atoms with E-state index in [-0.39, 0.29) is 30.6 Å². The average Bonchev–Trinajstić information content (AvgIpc) is 3.15. The van der Waals surface area contributed by atoms with E-state index in [2.05, 4.69) is 5.32 Å². The number of amides is 1. The van der Waals surface area contributed by atoms with Gasteiger partial charge in [0.15, 0.2) is 11.4 Å². The molecule has 0 spiro atoms. The second kappa shape index (κ2) is 13.5. The third-order valence-corrected chi connectivity index (χ3v) is 13.5. The van der Waals surface area contributed by atoms with E-state index in [4.69, 9.17) is 23.7 Å². The molecule has 14 nitrogen and oxygen atoms in total. The van der Waals surface area contributed by atoms with Crippen LogP contribution in [0.25, 0.3) is 0 Å². The highest BCUT2D eigenvalue weighted by atomic mass is 16.6. The Hall–Kier alpha value is -4.63. The van der Waals surface area contributed by atoms with Crippen molar-refractivity contribution in [2.45, 2.75) is 121 Å². The average molecular weight is 790 g/mol. The van der Waals surface area contributed by atoms with Gasteiger partial charge in [-0.15, -0.1) is 0 Å². The number of benzene rings is 2. The Kier molecular flexibility index (Phi) is 9.58. The van der Waals surface area contributed by atoms with Crippen LogP contribution in [0.5, 0.6) is 0 Å². The molecule has 0 bridgehead atoms. The van der Waals surface area contributed by atoms with Crippen LogP contribution in [0.4, 0.5) is 4.79 Å². The Morgan fingerprint density at radius 2 is 1.58 bits per heavy atom. The Balaban J connectivity index is 1.33. The minimum atomic E-state index is -2.18. The van der Waals surface area contributed by atoms with Gasteiger partial charge in [-0.3, -0.25) is 14.4 Å². The van der Waals surface area contributed by atoms with Gasteiger partial charge >= 0.3 is 24.0 Å². The van der Waals surface area contributed by atoms with Crippen LogP contribution in [-0.4, -0.2) is 98.5 Å². The highest BCUT2D eigenvalue weighted by molar-refractivity contribution is 5.95. The molecule has 4 aliphatic carbocycles. The van der Waals surface area contributed by atoms with Gasteiger partial charge in [-0.05, 0) is 77.3 Å². The highest BCUT2D eigenvalue weighted by Gasteiger charge is 2.89. The number of fused-ring (bicyclic) bond motifs is 3. The number of esters is 3. The van der Waals surface area contributed by atoms with Crippen LogP contribution in [-0.2, 0) is 38.1 Å². The fraction of sp³-hybridized carbons (Fsp3) is 0.558. The van der Waals surface area contributed by atoms with Gasteiger partial charge in [0.2, 0.25) is 0 Å². The van der Waals surface area contributed by atoms with Crippen LogP contribution in [0.2, 0.25) is 0 Å². The Morgan fingerprint density at radius 3 is 2.14 bits per heavy atom. The van der Waals surface area contributed by atoms with Crippen molar-refractivity contribution in [3.05, 3.63) is 82.9 Å². The Morgan fingerprint density at radius 1 is 0.965 bits per heavy atom. The summed E-state index contributed by atoms with van der Waals surface area (Å²) in [6.07, 6.45) is -7.29. The van der Waals surface area contributed by atoms with E-state index in [1.807, 2.05) is 0 Å². The summed E-state index contributed by atoms with van der Waals surface area (Å²) in [5.74, 6) is -5.70. The largest absolute Gasteiger partial charge is 0.455 e. The van der Waals surface area contributed by atoms with Gasteiger partial charge in [-0.2, -0.15) is 0 Å². The van der Waals surface area contributed by atoms with Crippen molar-refractivity contribution < 1.29 is 63.0 Å². The first kappa shape index (κ1) is 40.6. The maximum atomic E-state index is 14.8. The van der Waals surface area contributed by atoms with Crippen molar-refractivity contribution in [3.8, 4) is 0 Å². The monoisotopic (exact) mass is 789 g/mol. The minimum Gasteiger partial charge on any atom is -0.455 e. The molecule has 4 fully saturated rings. The van der Waals surface area contributed by atoms with E-state index in [1.54, 1.807) is 90.1 Å². The number of alkyl carbamates (subject to hydrolysis) is 1. The molecule has 3 saturated carbocycles. The maximum absolute atomic E-state index is 14.8. The predicted octanol–water partition coefficient (Wildman–Crippen LogP) is 3.90. The third kappa shape index (κ3) is 5.69. The number of Topliss-reactive ketones (excluding diaryl/α,β-unsaturated/α-hetero) is 1. The van der Waals surface area contributed by atoms with E-state index in [9.17, 15) is 39.3 Å². The van der Waals surface area contributed by atoms with E-state index in [0.717, 1.165) is 0 Å². The van der Waals surface area contributed by atoms with Crippen LogP contribution in [0.15, 0.2) is 71.8 Å². The fourth-order valence-electron chi connectivity index (χ4n) is 10.6. The number of hydrogen-bond acceptors (Lipinski definition) is 13. The summed E-state index contributed by atoms with van der Waals surface area (Å²) in [5.41, 5.74) is -8.91. The number of ether oxygens (including phenoxy) is 5. The number of aliphatic hydroxyl groups excluding tert-OH is 2. The molecule has 0 radical (unpaired) electrons.